The van der Waals surface area contributed by atoms with Crippen molar-refractivity contribution < 1.29 is 14.7 Å². The normalized spacial score (nSPS) is 16.1. The van der Waals surface area contributed by atoms with Gasteiger partial charge in [-0.3, -0.25) is 14.3 Å². The van der Waals surface area contributed by atoms with Crippen molar-refractivity contribution in [3.63, 3.8) is 0 Å². The van der Waals surface area contributed by atoms with Crippen LogP contribution in [0.1, 0.15) is 29.8 Å². The summed E-state index contributed by atoms with van der Waals surface area (Å²) >= 11 is 0. The lowest BCUT2D eigenvalue weighted by Gasteiger charge is -2.14. The molecule has 0 saturated heterocycles. The Labute approximate surface area is 110 Å². The average Bonchev–Trinajstić information content (AvgIpc) is 3.09. The molecule has 1 atom stereocenters. The molecule has 1 aliphatic carbocycles. The van der Waals surface area contributed by atoms with E-state index in [1.54, 1.807) is 0 Å². The summed E-state index contributed by atoms with van der Waals surface area (Å²) in [6.45, 7) is 0.898. The Balaban J connectivity index is 1.95. The number of carbonyl (C=O) groups excluding carboxylic acids is 1. The third kappa shape index (κ3) is 3.75. The van der Waals surface area contributed by atoms with Gasteiger partial charge in [-0.2, -0.15) is 0 Å². The summed E-state index contributed by atoms with van der Waals surface area (Å²) < 4.78 is 1.48. The number of hydrogen-bond acceptors (Lipinski definition) is 5. The van der Waals surface area contributed by atoms with Crippen LogP contribution in [0.2, 0.25) is 0 Å². The highest BCUT2D eigenvalue weighted by atomic mass is 16.4. The Morgan fingerprint density at radius 2 is 2.32 bits per heavy atom. The summed E-state index contributed by atoms with van der Waals surface area (Å²) in [5.41, 5.74) is 5.56. The SMILES string of the molecule is NCCn1cc(C(=O)NC(CC(=O)O)C2CC2)nn1. The summed E-state index contributed by atoms with van der Waals surface area (Å²) in [6, 6.07) is -0.329. The second-order valence-corrected chi connectivity index (χ2v) is 4.67. The van der Waals surface area contributed by atoms with E-state index < -0.39 is 5.97 Å². The molecule has 104 valence electrons. The summed E-state index contributed by atoms with van der Waals surface area (Å²) in [7, 11) is 0. The van der Waals surface area contributed by atoms with Crippen molar-refractivity contribution in [2.75, 3.05) is 6.54 Å². The zero-order valence-electron chi connectivity index (χ0n) is 10.5. The van der Waals surface area contributed by atoms with Crippen LogP contribution in [0.15, 0.2) is 6.20 Å². The minimum Gasteiger partial charge on any atom is -0.481 e. The van der Waals surface area contributed by atoms with Gasteiger partial charge in [-0.1, -0.05) is 5.21 Å². The van der Waals surface area contributed by atoms with Gasteiger partial charge in [0.15, 0.2) is 5.69 Å². The van der Waals surface area contributed by atoms with E-state index in [4.69, 9.17) is 10.8 Å². The molecule has 0 spiro atoms. The monoisotopic (exact) mass is 267 g/mol. The van der Waals surface area contributed by atoms with Crippen molar-refractivity contribution in [3.8, 4) is 0 Å². The van der Waals surface area contributed by atoms with E-state index in [9.17, 15) is 9.59 Å². The van der Waals surface area contributed by atoms with Gasteiger partial charge in [0.1, 0.15) is 0 Å². The van der Waals surface area contributed by atoms with Crippen molar-refractivity contribution in [3.05, 3.63) is 11.9 Å². The molecule has 1 aliphatic rings. The summed E-state index contributed by atoms with van der Waals surface area (Å²) in [4.78, 5) is 22.7. The highest BCUT2D eigenvalue weighted by Crippen LogP contribution is 2.34. The summed E-state index contributed by atoms with van der Waals surface area (Å²) in [5.74, 6) is -1.04. The highest BCUT2D eigenvalue weighted by Gasteiger charge is 2.34. The number of nitrogens with two attached hydrogens (primary N) is 1. The third-order valence-electron chi connectivity index (χ3n) is 3.03. The number of aliphatic carboxylic acids is 1. The second-order valence-electron chi connectivity index (χ2n) is 4.67. The number of carboxylic acid groups (broad SMARTS) is 1. The Kier molecular flexibility index (Phi) is 4.10. The molecule has 1 amide bonds. The van der Waals surface area contributed by atoms with Crippen molar-refractivity contribution >= 4 is 11.9 Å². The van der Waals surface area contributed by atoms with E-state index in [0.29, 0.717) is 13.1 Å². The van der Waals surface area contributed by atoms with Crippen molar-refractivity contribution in [2.45, 2.75) is 31.8 Å². The summed E-state index contributed by atoms with van der Waals surface area (Å²) in [6.07, 6.45) is 3.36. The van der Waals surface area contributed by atoms with Crippen LogP contribution in [0.4, 0.5) is 0 Å². The third-order valence-corrected chi connectivity index (χ3v) is 3.03. The number of rotatable bonds is 7. The smallest absolute Gasteiger partial charge is 0.305 e. The minimum absolute atomic E-state index is 0.0622. The lowest BCUT2D eigenvalue weighted by molar-refractivity contribution is -0.137. The standard InChI is InChI=1S/C11H17N5O3/c12-3-4-16-6-9(14-15-16)11(19)13-8(5-10(17)18)7-1-2-7/h6-8H,1-5,12H2,(H,13,19)(H,17,18). The lowest BCUT2D eigenvalue weighted by Crippen LogP contribution is -2.38. The van der Waals surface area contributed by atoms with Crippen LogP contribution in [0.3, 0.4) is 0 Å². The van der Waals surface area contributed by atoms with Crippen LogP contribution >= 0.6 is 0 Å². The number of amides is 1. The Hall–Kier alpha value is -1.96. The average molecular weight is 267 g/mol. The van der Waals surface area contributed by atoms with Crippen molar-refractivity contribution in [1.82, 2.24) is 20.3 Å². The zero-order chi connectivity index (χ0) is 13.8. The van der Waals surface area contributed by atoms with E-state index in [1.807, 2.05) is 0 Å². The van der Waals surface area contributed by atoms with E-state index in [2.05, 4.69) is 15.6 Å². The number of hydrogen-bond donors (Lipinski definition) is 3. The maximum absolute atomic E-state index is 11.9. The molecular weight excluding hydrogens is 250 g/mol. The van der Waals surface area contributed by atoms with Gasteiger partial charge in [0, 0.05) is 12.6 Å². The Bertz CT molecular complexity index is 469. The maximum atomic E-state index is 11.9. The molecule has 4 N–H and O–H groups in total. The molecule has 0 bridgehead atoms. The van der Waals surface area contributed by atoms with E-state index in [0.717, 1.165) is 12.8 Å². The molecule has 0 aromatic carbocycles. The molecule has 1 aromatic rings. The van der Waals surface area contributed by atoms with E-state index in [1.165, 1.54) is 10.9 Å². The molecule has 1 aromatic heterocycles. The highest BCUT2D eigenvalue weighted by molar-refractivity contribution is 5.92. The van der Waals surface area contributed by atoms with Crippen LogP contribution in [-0.4, -0.2) is 44.6 Å². The molecule has 8 heteroatoms. The van der Waals surface area contributed by atoms with Gasteiger partial charge < -0.3 is 16.2 Å². The number of aromatic nitrogens is 3. The minimum atomic E-state index is -0.913. The van der Waals surface area contributed by atoms with Crippen LogP contribution in [-0.2, 0) is 11.3 Å². The predicted molar refractivity (Wildman–Crippen MR) is 65.3 cm³/mol. The molecule has 8 nitrogen and oxygen atoms in total. The Morgan fingerprint density at radius 3 is 2.89 bits per heavy atom. The van der Waals surface area contributed by atoms with Crippen LogP contribution in [0.5, 0.6) is 0 Å². The molecule has 19 heavy (non-hydrogen) atoms. The van der Waals surface area contributed by atoms with Gasteiger partial charge in [-0.15, -0.1) is 5.10 Å². The molecule has 1 saturated carbocycles. The quantitative estimate of drug-likeness (QED) is 0.595. The maximum Gasteiger partial charge on any atom is 0.305 e. The molecule has 1 unspecified atom stereocenters. The molecule has 1 fully saturated rings. The fraction of sp³-hybridized carbons (Fsp3) is 0.636. The number of carbonyl (C=O) groups is 2. The fourth-order valence-corrected chi connectivity index (χ4v) is 1.91. The topological polar surface area (TPSA) is 123 Å². The van der Waals surface area contributed by atoms with Crippen molar-refractivity contribution in [2.24, 2.45) is 11.7 Å². The lowest BCUT2D eigenvalue weighted by atomic mass is 10.1. The van der Waals surface area contributed by atoms with E-state index in [-0.39, 0.29) is 30.0 Å². The van der Waals surface area contributed by atoms with Crippen LogP contribution < -0.4 is 11.1 Å². The predicted octanol–water partition coefficient (Wildman–Crippen LogP) is -0.780. The van der Waals surface area contributed by atoms with Crippen LogP contribution in [0, 0.1) is 5.92 Å². The first-order valence-electron chi connectivity index (χ1n) is 6.23. The van der Waals surface area contributed by atoms with Gasteiger partial charge in [0.05, 0.1) is 19.2 Å². The van der Waals surface area contributed by atoms with Gasteiger partial charge in [-0.05, 0) is 18.8 Å². The number of carboxylic acids is 1. The van der Waals surface area contributed by atoms with Gasteiger partial charge in [0.2, 0.25) is 0 Å². The van der Waals surface area contributed by atoms with Gasteiger partial charge >= 0.3 is 5.97 Å². The van der Waals surface area contributed by atoms with Crippen LogP contribution in [0.25, 0.3) is 0 Å². The fourth-order valence-electron chi connectivity index (χ4n) is 1.91. The number of nitrogens with one attached hydrogen (secondary N) is 1. The molecule has 0 radical (unpaired) electrons. The first-order valence-corrected chi connectivity index (χ1v) is 6.23. The number of nitrogens with zero attached hydrogens (tertiary/aromatic N) is 3. The molecule has 2 rings (SSSR count). The van der Waals surface area contributed by atoms with Gasteiger partial charge in [-0.25, -0.2) is 0 Å². The summed E-state index contributed by atoms with van der Waals surface area (Å²) in [5, 5.41) is 19.0. The van der Waals surface area contributed by atoms with E-state index >= 15 is 0 Å². The molecule has 1 heterocycles. The second kappa shape index (κ2) is 5.79. The molecular formula is C11H17N5O3. The van der Waals surface area contributed by atoms with Gasteiger partial charge in [0.25, 0.3) is 5.91 Å². The largest absolute Gasteiger partial charge is 0.481 e. The zero-order valence-corrected chi connectivity index (χ0v) is 10.5. The molecule has 0 aliphatic heterocycles. The van der Waals surface area contributed by atoms with Crippen molar-refractivity contribution in [1.29, 1.82) is 0 Å². The first-order chi connectivity index (χ1) is 9.10. The Morgan fingerprint density at radius 1 is 1.58 bits per heavy atom. The first kappa shape index (κ1) is 13.5.